The van der Waals surface area contributed by atoms with Crippen LogP contribution in [0.15, 0.2) is 36.4 Å². The van der Waals surface area contributed by atoms with E-state index in [4.69, 9.17) is 23.2 Å². The zero-order valence-electron chi connectivity index (χ0n) is 26.9. The molecule has 0 spiro atoms. The van der Waals surface area contributed by atoms with Gasteiger partial charge in [-0.3, -0.25) is 14.6 Å². The van der Waals surface area contributed by atoms with Gasteiger partial charge < -0.3 is 15.5 Å². The molecule has 3 fully saturated rings. The number of likely N-dealkylation sites (tertiary alicyclic amines) is 3. The number of hydrogen-bond acceptors (Lipinski definition) is 5. The number of nitrogens with one attached hydrogen (secondary N) is 2. The van der Waals surface area contributed by atoms with Gasteiger partial charge in [0.05, 0.1) is 0 Å². The fourth-order valence-electron chi connectivity index (χ4n) is 7.80. The predicted octanol–water partition coefficient (Wildman–Crippen LogP) is 6.54. The summed E-state index contributed by atoms with van der Waals surface area (Å²) in [5, 5.41) is 7.46. The molecule has 0 unspecified atom stereocenters. The molecule has 6 nitrogen and oxygen atoms in total. The van der Waals surface area contributed by atoms with Crippen molar-refractivity contribution in [3.63, 3.8) is 0 Å². The molecule has 0 aliphatic carbocycles. The molecule has 0 radical (unpaired) electrons. The second kappa shape index (κ2) is 16.8. The summed E-state index contributed by atoms with van der Waals surface area (Å²) < 4.78 is 0. The Hall–Kier alpha value is -1.67. The van der Waals surface area contributed by atoms with Crippen molar-refractivity contribution < 1.29 is 4.79 Å². The van der Waals surface area contributed by atoms with Crippen LogP contribution < -0.4 is 10.6 Å². The molecular formula is C36H53Cl2N5O. The Labute approximate surface area is 275 Å². The highest BCUT2D eigenvalue weighted by Gasteiger charge is 2.29. The van der Waals surface area contributed by atoms with Crippen molar-refractivity contribution in [2.75, 3.05) is 66.5 Å². The van der Waals surface area contributed by atoms with Crippen LogP contribution >= 0.6 is 23.2 Å². The van der Waals surface area contributed by atoms with E-state index >= 15 is 0 Å². The second-order valence-corrected chi connectivity index (χ2v) is 14.4. The summed E-state index contributed by atoms with van der Waals surface area (Å²) >= 11 is 12.9. The highest BCUT2D eigenvalue weighted by Crippen LogP contribution is 2.34. The maximum atomic E-state index is 11.5. The van der Waals surface area contributed by atoms with Gasteiger partial charge in [0.1, 0.15) is 0 Å². The van der Waals surface area contributed by atoms with Gasteiger partial charge in [-0.2, -0.15) is 0 Å². The molecule has 3 heterocycles. The highest BCUT2D eigenvalue weighted by atomic mass is 35.5. The van der Waals surface area contributed by atoms with Crippen LogP contribution in [-0.4, -0.2) is 87.1 Å². The lowest BCUT2D eigenvalue weighted by molar-refractivity contribution is -0.120. The average molecular weight is 643 g/mol. The van der Waals surface area contributed by atoms with Crippen LogP contribution in [-0.2, 0) is 17.9 Å². The molecule has 242 valence electrons. The minimum absolute atomic E-state index is 0.156. The van der Waals surface area contributed by atoms with E-state index in [0.717, 1.165) is 69.0 Å². The molecule has 0 bridgehead atoms. The number of halogens is 2. The standard InChI is InChI=1S/C36H53Cl2N5O/c1-39-24-27-5-12-42(13-6-27)25-28-18-29(20-32(19-28)33-21-34(37)23-35(38)22-33)26-43-16-9-31(10-17-43)30-7-14-41(15-8-30)11-3-4-36(44)40-2/h18-23,27,30-31,39H,3-17,24-26H2,1-2H3,(H,40,44). The number of carbonyl (C=O) groups excluding carboxylic acids is 1. The van der Waals surface area contributed by atoms with Gasteiger partial charge in [-0.1, -0.05) is 29.3 Å². The molecule has 0 saturated carbocycles. The quantitative estimate of drug-likeness (QED) is 0.276. The Morgan fingerprint density at radius 2 is 1.20 bits per heavy atom. The third-order valence-electron chi connectivity index (χ3n) is 10.3. The first-order valence-electron chi connectivity index (χ1n) is 17.0. The predicted molar refractivity (Wildman–Crippen MR) is 184 cm³/mol. The third-order valence-corrected chi connectivity index (χ3v) is 10.8. The molecule has 3 aliphatic heterocycles. The summed E-state index contributed by atoms with van der Waals surface area (Å²) in [6.45, 7) is 11.2. The fraction of sp³-hybridized carbons (Fsp3) is 0.639. The Bertz CT molecular complexity index is 1180. The molecule has 8 heteroatoms. The van der Waals surface area contributed by atoms with Gasteiger partial charge in [0.25, 0.3) is 0 Å². The van der Waals surface area contributed by atoms with Crippen LogP contribution in [0.5, 0.6) is 0 Å². The molecule has 0 atom stereocenters. The van der Waals surface area contributed by atoms with Gasteiger partial charge in [-0.25, -0.2) is 0 Å². The van der Waals surface area contributed by atoms with E-state index in [9.17, 15) is 4.79 Å². The molecule has 1 amide bonds. The number of rotatable bonds is 12. The van der Waals surface area contributed by atoms with Crippen LogP contribution in [0.25, 0.3) is 11.1 Å². The van der Waals surface area contributed by atoms with Crippen molar-refractivity contribution in [2.24, 2.45) is 17.8 Å². The van der Waals surface area contributed by atoms with Crippen molar-refractivity contribution in [2.45, 2.75) is 64.5 Å². The monoisotopic (exact) mass is 641 g/mol. The number of piperidine rings is 3. The van der Waals surface area contributed by atoms with Crippen LogP contribution in [0.3, 0.4) is 0 Å². The number of hydrogen-bond donors (Lipinski definition) is 2. The topological polar surface area (TPSA) is 50.9 Å². The van der Waals surface area contributed by atoms with Crippen molar-refractivity contribution in [3.8, 4) is 11.1 Å². The van der Waals surface area contributed by atoms with Gasteiger partial charge in [-0.05, 0) is 175 Å². The van der Waals surface area contributed by atoms with Crippen LogP contribution in [0.4, 0.5) is 0 Å². The van der Waals surface area contributed by atoms with Crippen LogP contribution in [0, 0.1) is 17.8 Å². The van der Waals surface area contributed by atoms with Gasteiger partial charge in [-0.15, -0.1) is 0 Å². The zero-order valence-corrected chi connectivity index (χ0v) is 28.4. The molecule has 2 aromatic carbocycles. The number of amides is 1. The molecule has 5 rings (SSSR count). The summed E-state index contributed by atoms with van der Waals surface area (Å²) in [6.07, 6.45) is 9.37. The third kappa shape index (κ3) is 9.91. The summed E-state index contributed by atoms with van der Waals surface area (Å²) in [6, 6.07) is 13.0. The van der Waals surface area contributed by atoms with Crippen molar-refractivity contribution in [3.05, 3.63) is 57.6 Å². The summed E-state index contributed by atoms with van der Waals surface area (Å²) in [5.74, 6) is 2.65. The molecule has 0 aromatic heterocycles. The van der Waals surface area contributed by atoms with E-state index < -0.39 is 0 Å². The lowest BCUT2D eigenvalue weighted by atomic mass is 9.78. The van der Waals surface area contributed by atoms with E-state index in [0.29, 0.717) is 16.5 Å². The smallest absolute Gasteiger partial charge is 0.219 e. The van der Waals surface area contributed by atoms with Crippen LogP contribution in [0.2, 0.25) is 10.0 Å². The molecule has 2 N–H and O–H groups in total. The number of benzene rings is 2. The Kier molecular flexibility index (Phi) is 12.8. The van der Waals surface area contributed by atoms with E-state index in [1.165, 1.54) is 81.4 Å². The van der Waals surface area contributed by atoms with E-state index in [1.54, 1.807) is 7.05 Å². The van der Waals surface area contributed by atoms with E-state index in [1.807, 2.05) is 18.2 Å². The maximum Gasteiger partial charge on any atom is 0.219 e. The fourth-order valence-corrected chi connectivity index (χ4v) is 8.33. The van der Waals surface area contributed by atoms with Gasteiger partial charge >= 0.3 is 0 Å². The molecule has 3 aliphatic rings. The van der Waals surface area contributed by atoms with Crippen molar-refractivity contribution in [1.29, 1.82) is 0 Å². The molecule has 2 aromatic rings. The molecule has 44 heavy (non-hydrogen) atoms. The maximum absolute atomic E-state index is 11.5. The Morgan fingerprint density at radius 1 is 0.705 bits per heavy atom. The van der Waals surface area contributed by atoms with Crippen molar-refractivity contribution >= 4 is 29.1 Å². The lowest BCUT2D eigenvalue weighted by Gasteiger charge is -2.40. The Balaban J connectivity index is 1.17. The average Bonchev–Trinajstić information content (AvgIpc) is 3.02. The first-order valence-corrected chi connectivity index (χ1v) is 17.8. The summed E-state index contributed by atoms with van der Waals surface area (Å²) in [4.78, 5) is 19.4. The second-order valence-electron chi connectivity index (χ2n) is 13.5. The SMILES string of the molecule is CNCC1CCN(Cc2cc(CN3CCC(C4CCN(CCCC(=O)NC)CC4)CC3)cc(-c3cc(Cl)cc(Cl)c3)c2)CC1. The number of carbonyl (C=O) groups is 1. The molecule has 3 saturated heterocycles. The van der Waals surface area contributed by atoms with Crippen LogP contribution in [0.1, 0.15) is 62.5 Å². The normalized spacial score (nSPS) is 20.3. The minimum atomic E-state index is 0.156. The van der Waals surface area contributed by atoms with Gasteiger partial charge in [0.2, 0.25) is 5.91 Å². The highest BCUT2D eigenvalue weighted by molar-refractivity contribution is 6.35. The van der Waals surface area contributed by atoms with E-state index in [-0.39, 0.29) is 5.91 Å². The summed E-state index contributed by atoms with van der Waals surface area (Å²) in [5.41, 5.74) is 5.08. The largest absolute Gasteiger partial charge is 0.359 e. The van der Waals surface area contributed by atoms with Gasteiger partial charge in [0, 0.05) is 36.6 Å². The van der Waals surface area contributed by atoms with Crippen molar-refractivity contribution in [1.82, 2.24) is 25.3 Å². The number of nitrogens with zero attached hydrogens (tertiary/aromatic N) is 3. The molecular weight excluding hydrogens is 589 g/mol. The van der Waals surface area contributed by atoms with E-state index in [2.05, 4.69) is 50.6 Å². The Morgan fingerprint density at radius 3 is 1.73 bits per heavy atom. The summed E-state index contributed by atoms with van der Waals surface area (Å²) in [7, 11) is 3.79. The minimum Gasteiger partial charge on any atom is -0.359 e. The lowest BCUT2D eigenvalue weighted by Crippen LogP contribution is -2.41. The van der Waals surface area contributed by atoms with Gasteiger partial charge in [0.15, 0.2) is 0 Å². The zero-order chi connectivity index (χ0) is 30.9. The first-order chi connectivity index (χ1) is 21.4. The first kappa shape index (κ1) is 33.7.